The SMILES string of the molecule is Cc1ccc(-c2ccn3c(-c4ccnc(-c5ccc(F)cc5)c4)cnc3c2)cn1. The van der Waals surface area contributed by atoms with E-state index in [1.807, 2.05) is 43.7 Å². The van der Waals surface area contributed by atoms with Crippen molar-refractivity contribution in [3.8, 4) is 33.6 Å². The second-order valence-corrected chi connectivity index (χ2v) is 6.91. The quantitative estimate of drug-likeness (QED) is 0.411. The summed E-state index contributed by atoms with van der Waals surface area (Å²) in [6.45, 7) is 1.97. The summed E-state index contributed by atoms with van der Waals surface area (Å²) >= 11 is 0. The number of aryl methyl sites for hydroxylation is 1. The van der Waals surface area contributed by atoms with Crippen LogP contribution in [0, 0.1) is 12.7 Å². The zero-order valence-electron chi connectivity index (χ0n) is 15.7. The highest BCUT2D eigenvalue weighted by molar-refractivity contribution is 5.72. The van der Waals surface area contributed by atoms with Gasteiger partial charge in [0.25, 0.3) is 0 Å². The van der Waals surface area contributed by atoms with Crippen LogP contribution in [0.15, 0.2) is 85.5 Å². The smallest absolute Gasteiger partial charge is 0.137 e. The molecule has 0 aliphatic heterocycles. The van der Waals surface area contributed by atoms with Crippen molar-refractivity contribution in [3.05, 3.63) is 97.0 Å². The van der Waals surface area contributed by atoms with Gasteiger partial charge in [0.15, 0.2) is 0 Å². The lowest BCUT2D eigenvalue weighted by molar-refractivity contribution is 0.628. The molecule has 140 valence electrons. The van der Waals surface area contributed by atoms with Gasteiger partial charge in [-0.15, -0.1) is 0 Å². The van der Waals surface area contributed by atoms with E-state index in [4.69, 9.17) is 0 Å². The molecule has 0 radical (unpaired) electrons. The highest BCUT2D eigenvalue weighted by Crippen LogP contribution is 2.27. The zero-order valence-corrected chi connectivity index (χ0v) is 15.7. The number of hydrogen-bond donors (Lipinski definition) is 0. The van der Waals surface area contributed by atoms with Crippen LogP contribution in [-0.4, -0.2) is 19.4 Å². The van der Waals surface area contributed by atoms with Crippen molar-refractivity contribution in [2.24, 2.45) is 0 Å². The molecule has 0 saturated carbocycles. The van der Waals surface area contributed by atoms with Crippen LogP contribution >= 0.6 is 0 Å². The molecule has 4 nitrogen and oxygen atoms in total. The fraction of sp³-hybridized carbons (Fsp3) is 0.0417. The minimum absolute atomic E-state index is 0.258. The Morgan fingerprint density at radius 2 is 1.55 bits per heavy atom. The van der Waals surface area contributed by atoms with Crippen molar-refractivity contribution in [2.75, 3.05) is 0 Å². The summed E-state index contributed by atoms with van der Waals surface area (Å²) in [5.41, 5.74) is 7.62. The van der Waals surface area contributed by atoms with E-state index in [1.54, 1.807) is 18.3 Å². The number of fused-ring (bicyclic) bond motifs is 1. The highest BCUT2D eigenvalue weighted by atomic mass is 19.1. The number of nitrogens with zero attached hydrogens (tertiary/aromatic N) is 4. The fourth-order valence-corrected chi connectivity index (χ4v) is 3.38. The van der Waals surface area contributed by atoms with Crippen LogP contribution in [0.3, 0.4) is 0 Å². The summed E-state index contributed by atoms with van der Waals surface area (Å²) in [6, 6.07) is 18.5. The summed E-state index contributed by atoms with van der Waals surface area (Å²) < 4.78 is 15.3. The molecule has 0 bridgehead atoms. The Labute approximate surface area is 167 Å². The van der Waals surface area contributed by atoms with Crippen LogP contribution in [0.25, 0.3) is 39.3 Å². The summed E-state index contributed by atoms with van der Waals surface area (Å²) in [7, 11) is 0. The first-order valence-electron chi connectivity index (χ1n) is 9.30. The fourth-order valence-electron chi connectivity index (χ4n) is 3.38. The Kier molecular flexibility index (Phi) is 4.13. The maximum absolute atomic E-state index is 13.2. The average Bonchev–Trinajstić information content (AvgIpc) is 3.18. The molecule has 1 aromatic carbocycles. The van der Waals surface area contributed by atoms with Gasteiger partial charge in [-0.3, -0.25) is 14.4 Å². The van der Waals surface area contributed by atoms with E-state index in [0.717, 1.165) is 45.0 Å². The second-order valence-electron chi connectivity index (χ2n) is 6.91. The first-order valence-corrected chi connectivity index (χ1v) is 9.30. The summed E-state index contributed by atoms with van der Waals surface area (Å²) in [6.07, 6.45) is 7.52. The van der Waals surface area contributed by atoms with Crippen molar-refractivity contribution in [1.82, 2.24) is 19.4 Å². The van der Waals surface area contributed by atoms with Crippen molar-refractivity contribution in [2.45, 2.75) is 6.92 Å². The molecular formula is C24H17FN4. The van der Waals surface area contributed by atoms with Crippen molar-refractivity contribution in [3.63, 3.8) is 0 Å². The highest BCUT2D eigenvalue weighted by Gasteiger charge is 2.09. The molecule has 0 aliphatic rings. The molecule has 5 rings (SSSR count). The molecule has 4 aromatic heterocycles. The van der Waals surface area contributed by atoms with E-state index in [1.165, 1.54) is 12.1 Å². The number of rotatable bonds is 3. The van der Waals surface area contributed by atoms with E-state index in [9.17, 15) is 4.39 Å². The Hall–Kier alpha value is -3.86. The first kappa shape index (κ1) is 17.3. The molecule has 0 aliphatic carbocycles. The van der Waals surface area contributed by atoms with Gasteiger partial charge < -0.3 is 0 Å². The molecule has 0 atom stereocenters. The van der Waals surface area contributed by atoms with Gasteiger partial charge in [0.1, 0.15) is 11.5 Å². The minimum atomic E-state index is -0.258. The summed E-state index contributed by atoms with van der Waals surface area (Å²) in [5, 5.41) is 0. The maximum Gasteiger partial charge on any atom is 0.137 e. The second kappa shape index (κ2) is 6.95. The van der Waals surface area contributed by atoms with Gasteiger partial charge >= 0.3 is 0 Å². The Balaban J connectivity index is 1.55. The van der Waals surface area contributed by atoms with Crippen LogP contribution in [0.5, 0.6) is 0 Å². The van der Waals surface area contributed by atoms with Gasteiger partial charge in [-0.25, -0.2) is 9.37 Å². The third-order valence-electron chi connectivity index (χ3n) is 4.95. The van der Waals surface area contributed by atoms with E-state index in [0.29, 0.717) is 0 Å². The van der Waals surface area contributed by atoms with Gasteiger partial charge in [0.05, 0.1) is 17.6 Å². The van der Waals surface area contributed by atoms with E-state index in [-0.39, 0.29) is 5.82 Å². The van der Waals surface area contributed by atoms with Crippen LogP contribution in [-0.2, 0) is 0 Å². The van der Waals surface area contributed by atoms with Crippen molar-refractivity contribution < 1.29 is 4.39 Å². The van der Waals surface area contributed by atoms with E-state index < -0.39 is 0 Å². The molecule has 5 heteroatoms. The van der Waals surface area contributed by atoms with Crippen LogP contribution < -0.4 is 0 Å². The molecule has 29 heavy (non-hydrogen) atoms. The lowest BCUT2D eigenvalue weighted by Gasteiger charge is -2.07. The standard InChI is InChI=1S/C24H17FN4/c1-16-2-3-20(14-27-16)18-9-11-29-23(15-28-24(29)13-18)19-8-10-26-22(12-19)17-4-6-21(25)7-5-17/h2-15H,1H3. The largest absolute Gasteiger partial charge is 0.300 e. The Bertz CT molecular complexity index is 1310. The normalized spacial score (nSPS) is 11.1. The predicted molar refractivity (Wildman–Crippen MR) is 112 cm³/mol. The zero-order chi connectivity index (χ0) is 19.8. The molecule has 0 spiro atoms. The topological polar surface area (TPSA) is 43.1 Å². The third-order valence-corrected chi connectivity index (χ3v) is 4.95. The third kappa shape index (κ3) is 3.27. The monoisotopic (exact) mass is 380 g/mol. The van der Waals surface area contributed by atoms with Crippen molar-refractivity contribution in [1.29, 1.82) is 0 Å². The van der Waals surface area contributed by atoms with Gasteiger partial charge in [0.2, 0.25) is 0 Å². The van der Waals surface area contributed by atoms with Crippen LogP contribution in [0.4, 0.5) is 4.39 Å². The molecule has 0 N–H and O–H groups in total. The van der Waals surface area contributed by atoms with Crippen molar-refractivity contribution >= 4 is 5.65 Å². The average molecular weight is 380 g/mol. The Morgan fingerprint density at radius 1 is 0.724 bits per heavy atom. The molecule has 5 aromatic rings. The predicted octanol–water partition coefficient (Wildman–Crippen LogP) is 5.57. The molecule has 0 saturated heterocycles. The summed E-state index contributed by atoms with van der Waals surface area (Å²) in [4.78, 5) is 13.4. The number of pyridine rings is 3. The van der Waals surface area contributed by atoms with Crippen LogP contribution in [0.2, 0.25) is 0 Å². The number of halogens is 1. The van der Waals surface area contributed by atoms with Gasteiger partial charge in [0, 0.05) is 41.0 Å². The molecular weight excluding hydrogens is 363 g/mol. The van der Waals surface area contributed by atoms with E-state index in [2.05, 4.69) is 37.6 Å². The maximum atomic E-state index is 13.2. The van der Waals surface area contributed by atoms with Crippen LogP contribution in [0.1, 0.15) is 5.69 Å². The lowest BCUT2D eigenvalue weighted by Crippen LogP contribution is -1.91. The number of hydrogen-bond acceptors (Lipinski definition) is 3. The summed E-state index contributed by atoms with van der Waals surface area (Å²) in [5.74, 6) is -0.258. The molecule has 4 heterocycles. The minimum Gasteiger partial charge on any atom is -0.300 e. The first-order chi connectivity index (χ1) is 14.2. The number of imidazole rings is 1. The molecule has 0 unspecified atom stereocenters. The number of benzene rings is 1. The van der Waals surface area contributed by atoms with Gasteiger partial charge in [-0.1, -0.05) is 6.07 Å². The molecule has 0 amide bonds. The number of aromatic nitrogens is 4. The molecule has 0 fully saturated rings. The lowest BCUT2D eigenvalue weighted by atomic mass is 10.1. The van der Waals surface area contributed by atoms with Gasteiger partial charge in [-0.2, -0.15) is 0 Å². The Morgan fingerprint density at radius 3 is 2.34 bits per heavy atom. The van der Waals surface area contributed by atoms with E-state index >= 15 is 0 Å². The van der Waals surface area contributed by atoms with Gasteiger partial charge in [-0.05, 0) is 67.1 Å².